The van der Waals surface area contributed by atoms with Gasteiger partial charge < -0.3 is 10.5 Å². The van der Waals surface area contributed by atoms with Gasteiger partial charge in [0.1, 0.15) is 5.52 Å². The Balaban J connectivity index is 1.87. The van der Waals surface area contributed by atoms with Gasteiger partial charge in [0, 0.05) is 15.3 Å². The van der Waals surface area contributed by atoms with E-state index in [0.29, 0.717) is 23.2 Å². The highest BCUT2D eigenvalue weighted by atomic mass is 32.1. The number of rotatable bonds is 4. The van der Waals surface area contributed by atoms with Crippen LogP contribution in [0.5, 0.6) is 5.75 Å². The number of hydrogen-bond donors (Lipinski definition) is 2. The fourth-order valence-corrected chi connectivity index (χ4v) is 6.10. The minimum atomic E-state index is -0.644. The van der Waals surface area contributed by atoms with Gasteiger partial charge in [-0.05, 0) is 69.0 Å². The Morgan fingerprint density at radius 3 is 2.77 bits per heavy atom. The number of ether oxygens (including phenoxy) is 1. The van der Waals surface area contributed by atoms with Gasteiger partial charge in [-0.1, -0.05) is 0 Å². The minimum Gasteiger partial charge on any atom is -0.494 e. The van der Waals surface area contributed by atoms with Gasteiger partial charge in [0.2, 0.25) is 0 Å². The Labute approximate surface area is 176 Å². The van der Waals surface area contributed by atoms with Crippen LogP contribution in [0, 0.1) is 12.7 Å². The fourth-order valence-electron chi connectivity index (χ4n) is 4.78. The van der Waals surface area contributed by atoms with E-state index in [1.165, 1.54) is 22.0 Å². The summed E-state index contributed by atoms with van der Waals surface area (Å²) in [7, 11) is 1.46. The maximum atomic E-state index is 15.7. The molecule has 0 aromatic carbocycles. The van der Waals surface area contributed by atoms with E-state index in [2.05, 4.69) is 4.98 Å². The molecule has 30 heavy (non-hydrogen) atoms. The van der Waals surface area contributed by atoms with Gasteiger partial charge in [-0.2, -0.15) is 0 Å². The topological polar surface area (TPSA) is 89.6 Å². The predicted octanol–water partition coefficient (Wildman–Crippen LogP) is 3.43. The molecule has 1 saturated carbocycles. The zero-order valence-electron chi connectivity index (χ0n) is 17.0. The van der Waals surface area contributed by atoms with Gasteiger partial charge in [0.05, 0.1) is 18.4 Å². The van der Waals surface area contributed by atoms with Crippen molar-refractivity contribution in [2.45, 2.75) is 50.9 Å². The monoisotopic (exact) mass is 429 g/mol. The van der Waals surface area contributed by atoms with E-state index in [4.69, 9.17) is 10.5 Å². The third-order valence-electron chi connectivity index (χ3n) is 6.42. The second kappa shape index (κ2) is 7.06. The molecule has 0 bridgehead atoms. The van der Waals surface area contributed by atoms with Gasteiger partial charge in [-0.3, -0.25) is 14.2 Å². The number of nitrogens with one attached hydrogen (secondary N) is 1. The first-order valence-electron chi connectivity index (χ1n) is 10.3. The number of nitrogens with zero attached hydrogens (tertiary/aromatic N) is 1. The van der Waals surface area contributed by atoms with Crippen molar-refractivity contribution in [2.24, 2.45) is 5.73 Å². The second-order valence-electron chi connectivity index (χ2n) is 8.25. The smallest absolute Gasteiger partial charge is 0.333 e. The van der Waals surface area contributed by atoms with Crippen molar-refractivity contribution in [3.8, 4) is 16.2 Å². The van der Waals surface area contributed by atoms with Crippen molar-refractivity contribution in [2.75, 3.05) is 13.7 Å². The molecule has 1 fully saturated rings. The van der Waals surface area contributed by atoms with E-state index in [0.717, 1.165) is 37.0 Å². The average Bonchev–Trinajstić information content (AvgIpc) is 3.46. The van der Waals surface area contributed by atoms with E-state index in [1.807, 2.05) is 6.07 Å². The first kappa shape index (κ1) is 19.5. The van der Waals surface area contributed by atoms with Crippen LogP contribution in [0.3, 0.4) is 0 Å². The molecule has 1 atom stereocenters. The lowest BCUT2D eigenvalue weighted by molar-refractivity contribution is 0.414. The summed E-state index contributed by atoms with van der Waals surface area (Å²) in [6.07, 6.45) is 4.81. The molecule has 2 aliphatic rings. The molecule has 6 nitrogen and oxygen atoms in total. The third-order valence-corrected chi connectivity index (χ3v) is 7.65. The normalized spacial score (nSPS) is 18.6. The summed E-state index contributed by atoms with van der Waals surface area (Å²) >= 11 is 1.56. The zero-order valence-corrected chi connectivity index (χ0v) is 17.8. The van der Waals surface area contributed by atoms with Crippen LogP contribution in [-0.2, 0) is 6.42 Å². The van der Waals surface area contributed by atoms with Gasteiger partial charge in [-0.25, -0.2) is 9.18 Å². The van der Waals surface area contributed by atoms with Gasteiger partial charge in [-0.15, -0.1) is 11.3 Å². The Morgan fingerprint density at radius 2 is 2.10 bits per heavy atom. The van der Waals surface area contributed by atoms with Crippen LogP contribution in [0.4, 0.5) is 4.39 Å². The number of aromatic nitrogens is 2. The molecule has 1 unspecified atom stereocenters. The quantitative estimate of drug-likeness (QED) is 0.665. The summed E-state index contributed by atoms with van der Waals surface area (Å²) < 4.78 is 22.6. The van der Waals surface area contributed by atoms with Crippen LogP contribution >= 0.6 is 11.3 Å². The number of halogens is 1. The summed E-state index contributed by atoms with van der Waals surface area (Å²) in [5, 5.41) is 0. The molecule has 158 valence electrons. The van der Waals surface area contributed by atoms with Crippen molar-refractivity contribution >= 4 is 16.9 Å². The molecule has 0 radical (unpaired) electrons. The molecule has 0 spiro atoms. The van der Waals surface area contributed by atoms with Crippen molar-refractivity contribution in [3.05, 3.63) is 54.4 Å². The van der Waals surface area contributed by atoms with Gasteiger partial charge >= 0.3 is 5.69 Å². The van der Waals surface area contributed by atoms with Crippen LogP contribution in [0.25, 0.3) is 16.0 Å². The van der Waals surface area contributed by atoms with Gasteiger partial charge in [0.25, 0.3) is 5.56 Å². The molecular formula is C22H24FN3O3S. The SMILES string of the molecule is COc1c(-c2cc3c(s2)CCCC3CN)c(F)c(C)n2c(=O)[nH]c(=O)c(C3CC3)c12. The summed E-state index contributed by atoms with van der Waals surface area (Å²) in [5.74, 6) is 0.0974. The van der Waals surface area contributed by atoms with Crippen LogP contribution in [0.2, 0.25) is 0 Å². The number of methoxy groups -OCH3 is 1. The standard InChI is InChI=1S/C22H24FN3O3S/c1-10-18(23)17(15-8-13-12(9-24)4-3-5-14(13)30-15)20(29-2)19-16(11-6-7-11)21(27)25-22(28)26(10)19/h8,11-12H,3-7,9,24H2,1-2H3,(H,25,27,28). The maximum Gasteiger partial charge on any atom is 0.333 e. The molecule has 2 aliphatic carbocycles. The highest BCUT2D eigenvalue weighted by molar-refractivity contribution is 7.15. The number of hydrogen-bond acceptors (Lipinski definition) is 5. The van der Waals surface area contributed by atoms with E-state index >= 15 is 4.39 Å². The third kappa shape index (κ3) is 2.77. The molecule has 3 aromatic heterocycles. The van der Waals surface area contributed by atoms with Crippen molar-refractivity contribution in [1.29, 1.82) is 0 Å². The van der Waals surface area contributed by atoms with Crippen LogP contribution in [-0.4, -0.2) is 23.0 Å². The highest BCUT2D eigenvalue weighted by Gasteiger charge is 2.34. The molecule has 8 heteroatoms. The Bertz CT molecular complexity index is 1290. The van der Waals surface area contributed by atoms with E-state index < -0.39 is 17.1 Å². The summed E-state index contributed by atoms with van der Waals surface area (Å²) in [6, 6.07) is 2.02. The Morgan fingerprint density at radius 1 is 1.33 bits per heavy atom. The first-order valence-corrected chi connectivity index (χ1v) is 11.2. The van der Waals surface area contributed by atoms with Crippen LogP contribution in [0.15, 0.2) is 15.7 Å². The summed E-state index contributed by atoms with van der Waals surface area (Å²) in [6.45, 7) is 2.13. The van der Waals surface area contributed by atoms with Crippen LogP contribution < -0.4 is 21.7 Å². The molecule has 0 saturated heterocycles. The summed E-state index contributed by atoms with van der Waals surface area (Å²) in [5.41, 5.74) is 7.51. The lowest BCUT2D eigenvalue weighted by Gasteiger charge is -2.20. The van der Waals surface area contributed by atoms with Crippen molar-refractivity contribution in [1.82, 2.24) is 9.38 Å². The van der Waals surface area contributed by atoms with Gasteiger partial charge in [0.15, 0.2) is 11.6 Å². The van der Waals surface area contributed by atoms with E-state index in [1.54, 1.807) is 18.3 Å². The number of aryl methyl sites for hydroxylation is 2. The fraction of sp³-hybridized carbons (Fsp3) is 0.455. The maximum absolute atomic E-state index is 15.7. The number of aromatic amines is 1. The highest BCUT2D eigenvalue weighted by Crippen LogP contribution is 2.48. The molecule has 3 heterocycles. The Hall–Kier alpha value is -2.45. The van der Waals surface area contributed by atoms with E-state index in [9.17, 15) is 9.59 Å². The molecule has 0 amide bonds. The number of pyridine rings is 1. The largest absolute Gasteiger partial charge is 0.494 e. The number of fused-ring (bicyclic) bond motifs is 2. The Kier molecular flexibility index (Phi) is 4.59. The average molecular weight is 430 g/mol. The molecular weight excluding hydrogens is 405 g/mol. The first-order chi connectivity index (χ1) is 14.5. The van der Waals surface area contributed by atoms with Crippen LogP contribution in [0.1, 0.15) is 59.2 Å². The molecule has 5 rings (SSSR count). The molecule has 0 aliphatic heterocycles. The van der Waals surface area contributed by atoms with Crippen molar-refractivity contribution in [3.63, 3.8) is 0 Å². The molecule has 3 aromatic rings. The van der Waals surface area contributed by atoms with E-state index in [-0.39, 0.29) is 23.3 Å². The second-order valence-corrected chi connectivity index (χ2v) is 9.39. The lowest BCUT2D eigenvalue weighted by atomic mass is 9.87. The minimum absolute atomic E-state index is 0.0640. The summed E-state index contributed by atoms with van der Waals surface area (Å²) in [4.78, 5) is 29.6. The number of thiophene rings is 1. The number of nitrogens with two attached hydrogens (primary N) is 1. The number of H-pyrrole nitrogens is 1. The lowest BCUT2D eigenvalue weighted by Crippen LogP contribution is -2.31. The zero-order chi connectivity index (χ0) is 21.2. The molecule has 3 N–H and O–H groups in total. The predicted molar refractivity (Wildman–Crippen MR) is 116 cm³/mol. The van der Waals surface area contributed by atoms with Crippen molar-refractivity contribution < 1.29 is 9.13 Å².